The predicted molar refractivity (Wildman–Crippen MR) is 177 cm³/mol. The number of benzene rings is 4. The van der Waals surface area contributed by atoms with Gasteiger partial charge in [0, 0.05) is 0 Å². The number of fused-ring (bicyclic) bond motifs is 2. The average Bonchev–Trinajstić information content (AvgIpc) is 3.63. The van der Waals surface area contributed by atoms with Crippen LogP contribution < -0.4 is 0 Å². The summed E-state index contributed by atoms with van der Waals surface area (Å²) >= 11 is 0. The van der Waals surface area contributed by atoms with Crippen LogP contribution in [0.3, 0.4) is 0 Å². The van der Waals surface area contributed by atoms with E-state index in [9.17, 15) is 52.7 Å². The molecule has 0 saturated heterocycles. The van der Waals surface area contributed by atoms with E-state index in [1.807, 2.05) is 12.1 Å². The number of hydrogen-bond donors (Lipinski definition) is 0. The number of hydrogen-bond acceptors (Lipinski definition) is 0. The van der Waals surface area contributed by atoms with Crippen LogP contribution in [0.15, 0.2) is 97.1 Å². The van der Waals surface area contributed by atoms with E-state index in [1.54, 1.807) is 24.3 Å². The number of rotatable bonds is 4. The fraction of sp³-hybridized carbons (Fsp3) is 0.200. The minimum Gasteiger partial charge on any atom is -0.358 e. The molecule has 13 heteroatoms. The van der Waals surface area contributed by atoms with Gasteiger partial charge < -0.3 is 14.9 Å². The van der Waals surface area contributed by atoms with Crippen LogP contribution in [-0.2, 0) is 56.0 Å². The topological polar surface area (TPSA) is 0 Å². The summed E-state index contributed by atoms with van der Waals surface area (Å²) in [6.07, 6.45) is -18.1. The Morgan fingerprint density at radius 3 is 1.04 bits per heavy atom. The van der Waals surface area contributed by atoms with E-state index >= 15 is 0 Å². The van der Waals surface area contributed by atoms with E-state index in [1.165, 1.54) is 24.3 Å². The number of halogens is 12. The summed E-state index contributed by atoms with van der Waals surface area (Å²) in [6, 6.07) is 19.3. The molecule has 0 aliphatic heterocycles. The Morgan fingerprint density at radius 2 is 0.774 bits per heavy atom. The van der Waals surface area contributed by atoms with Crippen LogP contribution in [0.4, 0.5) is 52.7 Å². The van der Waals surface area contributed by atoms with Crippen molar-refractivity contribution in [1.29, 1.82) is 0 Å². The maximum atomic E-state index is 13.7. The van der Waals surface area contributed by atoms with E-state index in [4.69, 9.17) is 0 Å². The van der Waals surface area contributed by atoms with Crippen molar-refractivity contribution < 1.29 is 78.5 Å². The van der Waals surface area contributed by atoms with Gasteiger partial charge in [-0.15, -0.1) is 69.1 Å². The molecule has 0 spiro atoms. The maximum absolute atomic E-state index is 13.7. The summed E-state index contributed by atoms with van der Waals surface area (Å²) in [5, 5.41) is 2.02. The predicted octanol–water partition coefficient (Wildman–Crippen LogP) is 14.2. The second-order valence-corrected chi connectivity index (χ2v) is 12.6. The van der Waals surface area contributed by atoms with Gasteiger partial charge in [0.25, 0.3) is 0 Å². The van der Waals surface area contributed by atoms with Crippen LogP contribution in [0, 0.1) is 14.9 Å². The third-order valence-electron chi connectivity index (χ3n) is 9.61. The van der Waals surface area contributed by atoms with Crippen molar-refractivity contribution in [2.75, 3.05) is 0 Å². The monoisotopic (exact) mass is 916 g/mol. The van der Waals surface area contributed by atoms with Crippen molar-refractivity contribution in [2.45, 2.75) is 49.4 Å². The minimum atomic E-state index is -5.03. The third kappa shape index (κ3) is 7.59. The van der Waals surface area contributed by atoms with Crippen LogP contribution >= 0.6 is 0 Å². The third-order valence-corrected chi connectivity index (χ3v) is 9.61. The summed E-state index contributed by atoms with van der Waals surface area (Å²) < 4.78 is 164. The van der Waals surface area contributed by atoms with Crippen molar-refractivity contribution in [1.82, 2.24) is 0 Å². The van der Waals surface area contributed by atoms with Crippen molar-refractivity contribution in [3.63, 3.8) is 0 Å². The molecule has 7 rings (SSSR count). The Labute approximate surface area is 315 Å². The van der Waals surface area contributed by atoms with Gasteiger partial charge in [-0.25, -0.2) is 0 Å². The molecule has 0 atom stereocenters. The molecule has 0 N–H and O–H groups in total. The molecule has 6 aromatic rings. The zero-order valence-corrected chi connectivity index (χ0v) is 31.5. The van der Waals surface area contributed by atoms with Gasteiger partial charge in [0.05, 0.1) is 22.3 Å². The second-order valence-electron chi connectivity index (χ2n) is 12.6. The summed E-state index contributed by atoms with van der Waals surface area (Å²) in [6.45, 7) is 0. The van der Waals surface area contributed by atoms with Gasteiger partial charge in [-0.05, 0) is 65.8 Å². The molecule has 1 aliphatic rings. The molecule has 0 aromatic heterocycles. The largest absolute Gasteiger partial charge is 4.00 e. The van der Waals surface area contributed by atoms with E-state index in [-0.39, 0.29) is 75.1 Å². The zero-order chi connectivity index (χ0) is 36.0. The van der Waals surface area contributed by atoms with E-state index in [2.05, 4.69) is 0 Å². The molecule has 276 valence electrons. The molecule has 6 aromatic carbocycles. The van der Waals surface area contributed by atoms with Gasteiger partial charge in [-0.2, -0.15) is 64.8 Å². The molecule has 0 bridgehead atoms. The fourth-order valence-electron chi connectivity index (χ4n) is 7.02. The Bertz CT molecular complexity index is 2030. The molecule has 1 fully saturated rings. The molecule has 53 heavy (non-hydrogen) atoms. The van der Waals surface area contributed by atoms with Crippen LogP contribution in [0.5, 0.6) is 0 Å². The van der Waals surface area contributed by atoms with Crippen LogP contribution in [0.1, 0.15) is 52.6 Å². The first-order valence-electron chi connectivity index (χ1n) is 15.2. The van der Waals surface area contributed by atoms with Gasteiger partial charge in [-0.3, -0.25) is 0 Å². The SMILES string of the molecule is FC(F)(F)c1cc(-c2cccc3[cH-]c(C4(c5cc6c(-c7cc(C(F)(F)F)cc(C(F)(F)F)c7)cccc6[cH-]5)CCC4)cc23)cc(C(F)(F)F)c1.[CH3-].[CH3-].[Hf+4]. The van der Waals surface area contributed by atoms with Crippen molar-refractivity contribution >= 4 is 21.5 Å². The van der Waals surface area contributed by atoms with Crippen LogP contribution in [0.25, 0.3) is 43.8 Å². The molecule has 0 amide bonds. The molecule has 0 unspecified atom stereocenters. The Balaban J connectivity index is 0.00000209. The Morgan fingerprint density at radius 1 is 0.453 bits per heavy atom. The molecule has 0 heterocycles. The van der Waals surface area contributed by atoms with Gasteiger partial charge in [0.15, 0.2) is 0 Å². The van der Waals surface area contributed by atoms with E-state index in [0.29, 0.717) is 58.7 Å². The average molecular weight is 915 g/mol. The zero-order valence-electron chi connectivity index (χ0n) is 27.9. The standard InChI is InChI=1S/C38H22F12.2CH3.Hf/c39-35(40,41)26-12-22(13-27(16-26)36(42,43)44)30-6-1-4-20-10-24(18-32(20)30)34(8-3-9-34)25-11-21-5-2-7-31(33(21)19-25)23-14-28(37(45,46)47)17-29(15-23)38(48,49)50;;;/h1-2,4-7,10-19H,3,8-9H2;2*1H3;/q-2;2*-1;+4. The van der Waals surface area contributed by atoms with Crippen molar-refractivity contribution in [3.8, 4) is 22.3 Å². The van der Waals surface area contributed by atoms with Crippen LogP contribution in [0.2, 0.25) is 0 Å². The normalized spacial score (nSPS) is 14.6. The summed E-state index contributed by atoms with van der Waals surface area (Å²) in [5.41, 5.74) is -5.14. The summed E-state index contributed by atoms with van der Waals surface area (Å²) in [4.78, 5) is 0. The van der Waals surface area contributed by atoms with Crippen LogP contribution in [-0.4, -0.2) is 0 Å². The van der Waals surface area contributed by atoms with E-state index in [0.717, 1.165) is 17.5 Å². The molecule has 1 aliphatic carbocycles. The van der Waals surface area contributed by atoms with Gasteiger partial charge in [-0.1, -0.05) is 29.7 Å². The first-order valence-corrected chi connectivity index (χ1v) is 15.2. The van der Waals surface area contributed by atoms with Crippen molar-refractivity contribution in [2.24, 2.45) is 0 Å². The summed E-state index contributed by atoms with van der Waals surface area (Å²) in [5.74, 6) is 0. The quantitative estimate of drug-likeness (QED) is 0.0939. The first-order chi connectivity index (χ1) is 23.2. The molecular weight excluding hydrogens is 887 g/mol. The smallest absolute Gasteiger partial charge is 0.358 e. The summed E-state index contributed by atoms with van der Waals surface area (Å²) in [7, 11) is 0. The first kappa shape index (κ1) is 41.9. The Kier molecular flexibility index (Phi) is 11.1. The van der Waals surface area contributed by atoms with Gasteiger partial charge in [0.2, 0.25) is 0 Å². The van der Waals surface area contributed by atoms with E-state index < -0.39 is 52.4 Å². The minimum absolute atomic E-state index is 0. The van der Waals surface area contributed by atoms with Crippen molar-refractivity contribution in [3.05, 3.63) is 145 Å². The van der Waals surface area contributed by atoms with Gasteiger partial charge in [0.1, 0.15) is 0 Å². The molecular formula is C40H28F12Hf. The molecule has 0 nitrogen and oxygen atoms in total. The fourth-order valence-corrected chi connectivity index (χ4v) is 7.02. The second kappa shape index (κ2) is 14.1. The maximum Gasteiger partial charge on any atom is 4.00 e. The Hall–Kier alpha value is -3.87. The number of alkyl halides is 12. The molecule has 1 saturated carbocycles. The molecule has 0 radical (unpaired) electrons. The van der Waals surface area contributed by atoms with Gasteiger partial charge >= 0.3 is 50.5 Å².